The Morgan fingerprint density at radius 2 is 1.76 bits per heavy atom. The number of benzene rings is 3. The minimum atomic E-state index is -4.46. The first kappa shape index (κ1) is 24.9. The van der Waals surface area contributed by atoms with Gasteiger partial charge >= 0.3 is 6.18 Å². The summed E-state index contributed by atoms with van der Waals surface area (Å²) >= 11 is 0. The van der Waals surface area contributed by atoms with E-state index in [1.165, 1.54) is 24.3 Å². The Labute approximate surface area is 212 Å². The first-order valence-electron chi connectivity index (χ1n) is 12.1. The molecule has 0 spiro atoms. The van der Waals surface area contributed by atoms with Crippen LogP contribution in [-0.2, 0) is 23.9 Å². The molecule has 1 amide bonds. The summed E-state index contributed by atoms with van der Waals surface area (Å²) in [4.78, 5) is 17.7. The molecule has 1 saturated heterocycles. The minimum absolute atomic E-state index is 0.201. The average Bonchev–Trinajstić information content (AvgIpc) is 2.91. The molecule has 0 radical (unpaired) electrons. The predicted molar refractivity (Wildman–Crippen MR) is 133 cm³/mol. The van der Waals surface area contributed by atoms with E-state index in [4.69, 9.17) is 4.74 Å². The highest BCUT2D eigenvalue weighted by Crippen LogP contribution is 2.40. The van der Waals surface area contributed by atoms with Gasteiger partial charge in [-0.05, 0) is 72.1 Å². The molecule has 9 heteroatoms. The van der Waals surface area contributed by atoms with E-state index in [0.29, 0.717) is 25.2 Å². The van der Waals surface area contributed by atoms with Crippen LogP contribution in [0.2, 0.25) is 0 Å². The molecule has 1 N–H and O–H groups in total. The van der Waals surface area contributed by atoms with Gasteiger partial charge in [0.05, 0.1) is 24.6 Å². The molecule has 0 aromatic heterocycles. The summed E-state index contributed by atoms with van der Waals surface area (Å²) < 4.78 is 58.8. The highest BCUT2D eigenvalue weighted by Gasteiger charge is 2.42. The third-order valence-corrected chi connectivity index (χ3v) is 7.19. The lowest BCUT2D eigenvalue weighted by Crippen LogP contribution is -2.61. The molecular formula is C28H27F4N3O2. The molecule has 0 saturated carbocycles. The Balaban J connectivity index is 1.42. The number of anilines is 2. The number of methoxy groups -OCH3 is 1. The maximum atomic E-state index is 13.4. The number of hydrogen-bond acceptors (Lipinski definition) is 4. The number of amides is 1. The van der Waals surface area contributed by atoms with Crippen LogP contribution in [0.4, 0.5) is 28.9 Å². The smallest absolute Gasteiger partial charge is 0.416 e. The molecule has 3 aromatic carbocycles. The summed E-state index contributed by atoms with van der Waals surface area (Å²) in [6.07, 6.45) is -4.26. The minimum Gasteiger partial charge on any atom is -0.497 e. The van der Waals surface area contributed by atoms with Crippen molar-refractivity contribution in [3.8, 4) is 5.75 Å². The van der Waals surface area contributed by atoms with Crippen LogP contribution in [0.5, 0.6) is 5.75 Å². The molecule has 0 aliphatic carbocycles. The van der Waals surface area contributed by atoms with E-state index < -0.39 is 17.7 Å². The topological polar surface area (TPSA) is 44.8 Å². The lowest BCUT2D eigenvalue weighted by Gasteiger charge is -2.49. The maximum absolute atomic E-state index is 13.4. The highest BCUT2D eigenvalue weighted by molar-refractivity contribution is 5.82. The Morgan fingerprint density at radius 1 is 1.03 bits per heavy atom. The number of fused-ring (bicyclic) bond motifs is 3. The molecule has 2 aliphatic heterocycles. The van der Waals surface area contributed by atoms with Crippen LogP contribution in [0.1, 0.15) is 16.7 Å². The molecule has 2 atom stereocenters. The molecule has 5 rings (SSSR count). The van der Waals surface area contributed by atoms with Gasteiger partial charge in [-0.1, -0.05) is 12.1 Å². The second kappa shape index (κ2) is 9.95. The number of ether oxygens (including phenoxy) is 1. The number of rotatable bonds is 5. The first-order chi connectivity index (χ1) is 17.7. The van der Waals surface area contributed by atoms with E-state index in [9.17, 15) is 22.4 Å². The zero-order chi connectivity index (χ0) is 26.2. The molecular weight excluding hydrogens is 486 g/mol. The van der Waals surface area contributed by atoms with Crippen molar-refractivity contribution in [3.05, 3.63) is 89.2 Å². The molecule has 0 unspecified atom stereocenters. The van der Waals surface area contributed by atoms with Gasteiger partial charge in [0.2, 0.25) is 5.91 Å². The molecule has 1 fully saturated rings. The lowest BCUT2D eigenvalue weighted by atomic mass is 9.82. The van der Waals surface area contributed by atoms with Crippen molar-refractivity contribution in [3.63, 3.8) is 0 Å². The zero-order valence-electron chi connectivity index (χ0n) is 20.3. The number of carbonyl (C=O) groups is 1. The summed E-state index contributed by atoms with van der Waals surface area (Å²) in [5.41, 5.74) is 2.28. The van der Waals surface area contributed by atoms with Gasteiger partial charge in [-0.25, -0.2) is 4.39 Å². The Hall–Kier alpha value is -3.75. The van der Waals surface area contributed by atoms with Crippen molar-refractivity contribution in [1.29, 1.82) is 0 Å². The fourth-order valence-electron chi connectivity index (χ4n) is 5.25. The SMILES string of the molecule is COc1ccc(N2CCN3c4ccc(C(F)(F)F)cc4C[C@H](C(=O)NCc4ccc(F)cc4)[C@H]3C2)cc1. The molecule has 37 heavy (non-hydrogen) atoms. The third-order valence-electron chi connectivity index (χ3n) is 7.19. The van der Waals surface area contributed by atoms with Crippen molar-refractivity contribution in [1.82, 2.24) is 5.32 Å². The number of hydrogen-bond donors (Lipinski definition) is 1. The van der Waals surface area contributed by atoms with E-state index in [0.717, 1.165) is 28.8 Å². The van der Waals surface area contributed by atoms with Gasteiger partial charge < -0.3 is 19.9 Å². The number of carbonyl (C=O) groups excluding carboxylic acids is 1. The number of halogens is 4. The van der Waals surface area contributed by atoms with Gasteiger partial charge in [0.1, 0.15) is 11.6 Å². The van der Waals surface area contributed by atoms with E-state index in [1.807, 2.05) is 24.3 Å². The van der Waals surface area contributed by atoms with Crippen molar-refractivity contribution >= 4 is 17.3 Å². The van der Waals surface area contributed by atoms with Crippen LogP contribution in [0, 0.1) is 11.7 Å². The van der Waals surface area contributed by atoms with Crippen LogP contribution in [-0.4, -0.2) is 38.7 Å². The lowest BCUT2D eigenvalue weighted by molar-refractivity contribution is -0.137. The quantitative estimate of drug-likeness (QED) is 0.486. The number of nitrogens with one attached hydrogen (secondary N) is 1. The van der Waals surface area contributed by atoms with E-state index in [-0.39, 0.29) is 30.7 Å². The second-order valence-electron chi connectivity index (χ2n) is 9.40. The highest BCUT2D eigenvalue weighted by atomic mass is 19.4. The zero-order valence-corrected chi connectivity index (χ0v) is 20.3. The predicted octanol–water partition coefficient (Wildman–Crippen LogP) is 5.04. The van der Waals surface area contributed by atoms with E-state index in [1.54, 1.807) is 19.2 Å². The summed E-state index contributed by atoms with van der Waals surface area (Å²) in [5, 5.41) is 2.92. The van der Waals surface area contributed by atoms with Gasteiger partial charge in [-0.3, -0.25) is 4.79 Å². The number of nitrogens with zero attached hydrogens (tertiary/aromatic N) is 2. The van der Waals surface area contributed by atoms with Crippen LogP contribution in [0.25, 0.3) is 0 Å². The third kappa shape index (κ3) is 5.21. The molecule has 0 bridgehead atoms. The Morgan fingerprint density at radius 3 is 2.43 bits per heavy atom. The molecule has 194 valence electrons. The van der Waals surface area contributed by atoms with Crippen molar-refractivity contribution in [2.24, 2.45) is 5.92 Å². The molecule has 3 aromatic rings. The average molecular weight is 514 g/mol. The largest absolute Gasteiger partial charge is 0.497 e. The summed E-state index contributed by atoms with van der Waals surface area (Å²) in [6, 6.07) is 17.1. The van der Waals surface area contributed by atoms with Crippen molar-refractivity contribution < 1.29 is 27.1 Å². The van der Waals surface area contributed by atoms with Gasteiger partial charge in [-0.15, -0.1) is 0 Å². The van der Waals surface area contributed by atoms with Crippen LogP contribution >= 0.6 is 0 Å². The molecule has 2 heterocycles. The Kier molecular flexibility index (Phi) is 6.70. The van der Waals surface area contributed by atoms with Crippen LogP contribution in [0.3, 0.4) is 0 Å². The van der Waals surface area contributed by atoms with Gasteiger partial charge in [-0.2, -0.15) is 13.2 Å². The summed E-state index contributed by atoms with van der Waals surface area (Å²) in [5.74, 6) is -0.417. The van der Waals surface area contributed by atoms with Gasteiger partial charge in [0.15, 0.2) is 0 Å². The van der Waals surface area contributed by atoms with Crippen molar-refractivity contribution in [2.45, 2.75) is 25.2 Å². The van der Waals surface area contributed by atoms with Crippen LogP contribution in [0.15, 0.2) is 66.7 Å². The van der Waals surface area contributed by atoms with Gasteiger partial charge in [0.25, 0.3) is 0 Å². The van der Waals surface area contributed by atoms with E-state index in [2.05, 4.69) is 15.1 Å². The van der Waals surface area contributed by atoms with Crippen LogP contribution < -0.4 is 19.9 Å². The summed E-state index contributed by atoms with van der Waals surface area (Å²) in [6.45, 7) is 1.98. The first-order valence-corrected chi connectivity index (χ1v) is 12.1. The van der Waals surface area contributed by atoms with E-state index >= 15 is 0 Å². The normalized spacial score (nSPS) is 19.2. The Bertz CT molecular complexity index is 1260. The number of alkyl halides is 3. The monoisotopic (exact) mass is 513 g/mol. The second-order valence-corrected chi connectivity index (χ2v) is 9.40. The standard InChI is InChI=1S/C28H27F4N3O2/c1-37-23-9-7-22(8-10-23)34-12-13-35-25-11-4-20(28(30,31)32)14-19(25)15-24(26(35)17-34)27(36)33-16-18-2-5-21(29)6-3-18/h2-11,14,24,26H,12-13,15-17H2,1H3,(H,33,36)/t24-,26+/m0/s1. The van der Waals surface area contributed by atoms with Crippen molar-refractivity contribution in [2.75, 3.05) is 36.5 Å². The summed E-state index contributed by atoms with van der Waals surface area (Å²) in [7, 11) is 1.60. The molecule has 5 nitrogen and oxygen atoms in total. The molecule has 2 aliphatic rings. The fraction of sp³-hybridized carbons (Fsp3) is 0.321. The van der Waals surface area contributed by atoms with Gasteiger partial charge in [0, 0.05) is 37.6 Å². The number of piperazine rings is 1. The fourth-order valence-corrected chi connectivity index (χ4v) is 5.25. The maximum Gasteiger partial charge on any atom is 0.416 e.